The molecule has 3 rings (SSSR count). The highest BCUT2D eigenvalue weighted by molar-refractivity contribution is 5.86. The Morgan fingerprint density at radius 2 is 2.26 bits per heavy atom. The van der Waals surface area contributed by atoms with Crippen LogP contribution in [0.1, 0.15) is 42.1 Å². The van der Waals surface area contributed by atoms with Crippen LogP contribution in [0.2, 0.25) is 0 Å². The third-order valence-corrected chi connectivity index (χ3v) is 3.86. The summed E-state index contributed by atoms with van der Waals surface area (Å²) in [4.78, 5) is 15.1. The molecule has 0 radical (unpaired) electrons. The minimum absolute atomic E-state index is 0.191. The molecule has 2 aromatic rings. The van der Waals surface area contributed by atoms with E-state index in [4.69, 9.17) is 5.73 Å². The molecular formula is C14H17N3O2. The van der Waals surface area contributed by atoms with Crippen LogP contribution in [0.3, 0.4) is 0 Å². The molecule has 1 saturated carbocycles. The van der Waals surface area contributed by atoms with E-state index in [9.17, 15) is 9.90 Å². The van der Waals surface area contributed by atoms with Crippen LogP contribution in [0.25, 0.3) is 11.0 Å². The molecule has 1 aliphatic carbocycles. The number of nitrogens with two attached hydrogens (primary N) is 1. The molecule has 2 atom stereocenters. The Hall–Kier alpha value is -1.88. The van der Waals surface area contributed by atoms with E-state index in [0.29, 0.717) is 17.9 Å². The Morgan fingerprint density at radius 1 is 1.42 bits per heavy atom. The summed E-state index contributed by atoms with van der Waals surface area (Å²) in [6.07, 6.45) is 4.12. The smallest absolute Gasteiger partial charge is 0.201 e. The van der Waals surface area contributed by atoms with Crippen molar-refractivity contribution in [3.63, 3.8) is 0 Å². The number of imidazole rings is 1. The molecule has 1 aliphatic rings. The molecule has 0 amide bonds. The van der Waals surface area contributed by atoms with Gasteiger partial charge < -0.3 is 15.4 Å². The van der Waals surface area contributed by atoms with Gasteiger partial charge in [0.1, 0.15) is 6.29 Å². The van der Waals surface area contributed by atoms with Crippen LogP contribution in [-0.4, -0.2) is 27.0 Å². The summed E-state index contributed by atoms with van der Waals surface area (Å²) in [6, 6.07) is 5.58. The number of hydrogen-bond donors (Lipinski definition) is 2. The van der Waals surface area contributed by atoms with Crippen molar-refractivity contribution in [2.24, 2.45) is 0 Å². The Labute approximate surface area is 111 Å². The Morgan fingerprint density at radius 3 is 3.00 bits per heavy atom. The first-order valence-corrected chi connectivity index (χ1v) is 6.59. The quantitative estimate of drug-likeness (QED) is 0.807. The second kappa shape index (κ2) is 4.66. The molecule has 1 heterocycles. The van der Waals surface area contributed by atoms with Gasteiger partial charge >= 0.3 is 0 Å². The van der Waals surface area contributed by atoms with Gasteiger partial charge in [-0.25, -0.2) is 4.98 Å². The Balaban J connectivity index is 2.07. The number of aromatic nitrogens is 2. The van der Waals surface area contributed by atoms with Crippen LogP contribution in [0.5, 0.6) is 0 Å². The van der Waals surface area contributed by atoms with E-state index in [-0.39, 0.29) is 12.1 Å². The molecule has 0 saturated heterocycles. The summed E-state index contributed by atoms with van der Waals surface area (Å²) in [5.41, 5.74) is 8.27. The largest absolute Gasteiger partial charge is 0.393 e. The average molecular weight is 259 g/mol. The number of carbonyl (C=O) groups is 1. The van der Waals surface area contributed by atoms with Crippen molar-refractivity contribution in [2.75, 3.05) is 5.73 Å². The number of aliphatic hydroxyl groups is 1. The third kappa shape index (κ3) is 2.10. The lowest BCUT2D eigenvalue weighted by Gasteiger charge is -2.28. The number of anilines is 1. The maximum Gasteiger partial charge on any atom is 0.201 e. The van der Waals surface area contributed by atoms with Gasteiger partial charge in [0.05, 0.1) is 17.1 Å². The molecule has 1 aromatic heterocycles. The molecule has 1 aromatic carbocycles. The SMILES string of the molecule is Nc1nc2cc(C=O)ccc2n1[C@H]1CCC[C@H](O)C1. The molecule has 100 valence electrons. The predicted octanol–water partition coefficient (Wildman–Crippen LogP) is 1.91. The molecule has 3 N–H and O–H groups in total. The minimum atomic E-state index is -0.259. The van der Waals surface area contributed by atoms with E-state index >= 15 is 0 Å². The number of carbonyl (C=O) groups excluding carboxylic acids is 1. The zero-order valence-electron chi connectivity index (χ0n) is 10.6. The first kappa shape index (κ1) is 12.2. The highest BCUT2D eigenvalue weighted by Gasteiger charge is 2.24. The summed E-state index contributed by atoms with van der Waals surface area (Å²) in [5, 5.41) is 9.80. The van der Waals surface area contributed by atoms with Gasteiger partial charge in [-0.15, -0.1) is 0 Å². The number of fused-ring (bicyclic) bond motifs is 1. The molecule has 19 heavy (non-hydrogen) atoms. The van der Waals surface area contributed by atoms with Crippen molar-refractivity contribution in [3.8, 4) is 0 Å². The van der Waals surface area contributed by atoms with E-state index in [1.54, 1.807) is 12.1 Å². The average Bonchev–Trinajstić information content (AvgIpc) is 2.73. The maximum absolute atomic E-state index is 10.8. The lowest BCUT2D eigenvalue weighted by atomic mass is 9.92. The number of aliphatic hydroxyl groups excluding tert-OH is 1. The Kier molecular flexibility index (Phi) is 2.98. The van der Waals surface area contributed by atoms with Crippen molar-refractivity contribution in [1.29, 1.82) is 0 Å². The van der Waals surface area contributed by atoms with Gasteiger partial charge in [0, 0.05) is 11.6 Å². The summed E-state index contributed by atoms with van der Waals surface area (Å²) in [5.74, 6) is 0.456. The van der Waals surface area contributed by atoms with Gasteiger partial charge in [-0.3, -0.25) is 4.79 Å². The summed E-state index contributed by atoms with van der Waals surface area (Å²) in [6.45, 7) is 0. The zero-order chi connectivity index (χ0) is 13.4. The second-order valence-corrected chi connectivity index (χ2v) is 5.18. The van der Waals surface area contributed by atoms with Gasteiger partial charge in [0.15, 0.2) is 0 Å². The predicted molar refractivity (Wildman–Crippen MR) is 73.0 cm³/mol. The Bertz CT molecular complexity index is 620. The number of nitrogens with zero attached hydrogens (tertiary/aromatic N) is 2. The van der Waals surface area contributed by atoms with Crippen LogP contribution in [0.4, 0.5) is 5.95 Å². The van der Waals surface area contributed by atoms with Crippen LogP contribution < -0.4 is 5.73 Å². The van der Waals surface area contributed by atoms with Gasteiger partial charge in [-0.05, 0) is 43.9 Å². The summed E-state index contributed by atoms with van der Waals surface area (Å²) >= 11 is 0. The topological polar surface area (TPSA) is 81.1 Å². The molecule has 0 aliphatic heterocycles. The van der Waals surface area contributed by atoms with Gasteiger partial charge in [0.2, 0.25) is 5.95 Å². The number of aldehydes is 1. The fraction of sp³-hybridized carbons (Fsp3) is 0.429. The monoisotopic (exact) mass is 259 g/mol. The molecular weight excluding hydrogens is 242 g/mol. The second-order valence-electron chi connectivity index (χ2n) is 5.18. The standard InChI is InChI=1S/C14H17N3O2/c15-14-16-12-6-9(8-18)4-5-13(12)17(14)10-2-1-3-11(19)7-10/h4-6,8,10-11,19H,1-3,7H2,(H2,15,16)/t10-,11-/m0/s1. The first-order valence-electron chi connectivity index (χ1n) is 6.59. The molecule has 5 heteroatoms. The van der Waals surface area contributed by atoms with Gasteiger partial charge in [0.25, 0.3) is 0 Å². The van der Waals surface area contributed by atoms with Crippen molar-refractivity contribution in [3.05, 3.63) is 23.8 Å². The summed E-state index contributed by atoms with van der Waals surface area (Å²) < 4.78 is 1.99. The van der Waals surface area contributed by atoms with Gasteiger partial charge in [-0.2, -0.15) is 0 Å². The summed E-state index contributed by atoms with van der Waals surface area (Å²) in [7, 11) is 0. The maximum atomic E-state index is 10.8. The number of nitrogen functional groups attached to an aromatic ring is 1. The van der Waals surface area contributed by atoms with Crippen molar-refractivity contribution in [2.45, 2.75) is 37.8 Å². The van der Waals surface area contributed by atoms with Crippen molar-refractivity contribution < 1.29 is 9.90 Å². The van der Waals surface area contributed by atoms with Gasteiger partial charge in [-0.1, -0.05) is 0 Å². The highest BCUT2D eigenvalue weighted by atomic mass is 16.3. The normalized spacial score (nSPS) is 23.6. The lowest BCUT2D eigenvalue weighted by Crippen LogP contribution is -2.23. The highest BCUT2D eigenvalue weighted by Crippen LogP contribution is 2.33. The lowest BCUT2D eigenvalue weighted by molar-refractivity contribution is 0.105. The first-order chi connectivity index (χ1) is 9.19. The molecule has 0 unspecified atom stereocenters. The molecule has 5 nitrogen and oxygen atoms in total. The fourth-order valence-corrected chi connectivity index (χ4v) is 2.96. The van der Waals surface area contributed by atoms with Crippen LogP contribution >= 0.6 is 0 Å². The van der Waals surface area contributed by atoms with E-state index in [2.05, 4.69) is 4.98 Å². The van der Waals surface area contributed by atoms with Crippen LogP contribution in [0.15, 0.2) is 18.2 Å². The van der Waals surface area contributed by atoms with E-state index in [0.717, 1.165) is 36.6 Å². The zero-order valence-corrected chi connectivity index (χ0v) is 10.6. The van der Waals surface area contributed by atoms with E-state index in [1.165, 1.54) is 0 Å². The number of rotatable bonds is 2. The van der Waals surface area contributed by atoms with E-state index < -0.39 is 0 Å². The number of benzene rings is 1. The van der Waals surface area contributed by atoms with E-state index in [1.807, 2.05) is 10.6 Å². The van der Waals surface area contributed by atoms with Crippen LogP contribution in [0, 0.1) is 0 Å². The third-order valence-electron chi connectivity index (χ3n) is 3.86. The fourth-order valence-electron chi connectivity index (χ4n) is 2.96. The molecule has 0 bridgehead atoms. The van der Waals surface area contributed by atoms with Crippen molar-refractivity contribution >= 4 is 23.3 Å². The number of hydrogen-bond acceptors (Lipinski definition) is 4. The van der Waals surface area contributed by atoms with Crippen molar-refractivity contribution in [1.82, 2.24) is 9.55 Å². The molecule has 1 fully saturated rings. The molecule has 0 spiro atoms. The minimum Gasteiger partial charge on any atom is -0.393 e. The van der Waals surface area contributed by atoms with Crippen LogP contribution in [-0.2, 0) is 0 Å².